The van der Waals surface area contributed by atoms with Crippen LogP contribution in [0.1, 0.15) is 44.4 Å². The fourth-order valence-electron chi connectivity index (χ4n) is 3.20. The molecule has 0 amide bonds. The van der Waals surface area contributed by atoms with E-state index < -0.39 is 12.6 Å². The van der Waals surface area contributed by atoms with Gasteiger partial charge in [0, 0.05) is 22.3 Å². The highest BCUT2D eigenvalue weighted by Gasteiger charge is 2.42. The highest BCUT2D eigenvalue weighted by Crippen LogP contribution is 2.38. The molecule has 2 aliphatic rings. The molecule has 27 heavy (non-hydrogen) atoms. The van der Waals surface area contributed by atoms with Gasteiger partial charge in [0.2, 0.25) is 0 Å². The summed E-state index contributed by atoms with van der Waals surface area (Å²) >= 11 is 0. The maximum atomic E-state index is 10.8. The third kappa shape index (κ3) is 3.84. The summed E-state index contributed by atoms with van der Waals surface area (Å²) < 4.78 is 23.6. The van der Waals surface area contributed by atoms with Crippen molar-refractivity contribution in [3.63, 3.8) is 0 Å². The van der Waals surface area contributed by atoms with E-state index in [2.05, 4.69) is 0 Å². The van der Waals surface area contributed by atoms with Gasteiger partial charge in [-0.25, -0.2) is 0 Å². The Bertz CT molecular complexity index is 709. The second kappa shape index (κ2) is 7.70. The van der Waals surface area contributed by atoms with Gasteiger partial charge in [-0.1, -0.05) is 48.5 Å². The van der Waals surface area contributed by atoms with Crippen molar-refractivity contribution in [2.75, 3.05) is 26.4 Å². The first-order chi connectivity index (χ1) is 13.2. The second-order valence-electron chi connectivity index (χ2n) is 6.98. The molecule has 2 heterocycles. The van der Waals surface area contributed by atoms with Crippen LogP contribution in [0.25, 0.3) is 0 Å². The number of carbonyl (C=O) groups excluding carboxylic acids is 2. The first-order valence-electron chi connectivity index (χ1n) is 8.78. The predicted molar refractivity (Wildman–Crippen MR) is 95.4 cm³/mol. The number of hydrogen-bond donors (Lipinski definition) is 0. The van der Waals surface area contributed by atoms with E-state index in [1.807, 2.05) is 24.3 Å². The van der Waals surface area contributed by atoms with Gasteiger partial charge in [-0.05, 0) is 0 Å². The molecule has 2 aromatic carbocycles. The zero-order chi connectivity index (χ0) is 18.7. The maximum absolute atomic E-state index is 10.8. The van der Waals surface area contributed by atoms with E-state index in [0.29, 0.717) is 37.6 Å². The fraction of sp³-hybridized carbons (Fsp3) is 0.333. The third-order valence-electron chi connectivity index (χ3n) is 4.85. The molecule has 0 aliphatic carbocycles. The Labute approximate surface area is 157 Å². The molecular formula is C21H20O6. The van der Waals surface area contributed by atoms with Crippen molar-refractivity contribution < 1.29 is 28.5 Å². The van der Waals surface area contributed by atoms with Crippen LogP contribution in [-0.2, 0) is 18.9 Å². The Morgan fingerprint density at radius 2 is 0.963 bits per heavy atom. The van der Waals surface area contributed by atoms with Crippen molar-refractivity contribution in [2.24, 2.45) is 5.41 Å². The molecule has 1 spiro atoms. The van der Waals surface area contributed by atoms with E-state index in [-0.39, 0.29) is 5.41 Å². The van der Waals surface area contributed by atoms with Gasteiger partial charge in [0.1, 0.15) is 12.6 Å². The van der Waals surface area contributed by atoms with E-state index in [0.717, 1.165) is 23.7 Å². The van der Waals surface area contributed by atoms with Crippen LogP contribution in [-0.4, -0.2) is 39.0 Å². The first kappa shape index (κ1) is 18.0. The molecule has 0 radical (unpaired) electrons. The van der Waals surface area contributed by atoms with Crippen LogP contribution in [0.4, 0.5) is 0 Å². The predicted octanol–water partition coefficient (Wildman–Crippen LogP) is 3.09. The fourth-order valence-corrected chi connectivity index (χ4v) is 3.20. The van der Waals surface area contributed by atoms with Crippen molar-refractivity contribution >= 4 is 12.6 Å². The van der Waals surface area contributed by atoms with Gasteiger partial charge in [-0.2, -0.15) is 0 Å². The Morgan fingerprint density at radius 1 is 0.630 bits per heavy atom. The van der Waals surface area contributed by atoms with Gasteiger partial charge in [0.05, 0.1) is 31.8 Å². The summed E-state index contributed by atoms with van der Waals surface area (Å²) in [6.45, 7) is 1.85. The van der Waals surface area contributed by atoms with Crippen molar-refractivity contribution in [3.8, 4) is 0 Å². The molecule has 140 valence electrons. The molecule has 0 aromatic heterocycles. The van der Waals surface area contributed by atoms with Crippen LogP contribution < -0.4 is 0 Å². The first-order valence-corrected chi connectivity index (χ1v) is 8.78. The van der Waals surface area contributed by atoms with E-state index in [4.69, 9.17) is 18.9 Å². The Morgan fingerprint density at radius 3 is 1.26 bits per heavy atom. The summed E-state index contributed by atoms with van der Waals surface area (Å²) in [4.78, 5) is 21.5. The number of benzene rings is 2. The number of carbonyl (C=O) groups is 2. The molecule has 2 aliphatic heterocycles. The number of ether oxygens (including phenoxy) is 4. The minimum Gasteiger partial charge on any atom is -0.348 e. The van der Waals surface area contributed by atoms with E-state index in [1.54, 1.807) is 24.3 Å². The minimum atomic E-state index is -0.454. The average molecular weight is 368 g/mol. The van der Waals surface area contributed by atoms with Gasteiger partial charge >= 0.3 is 0 Å². The van der Waals surface area contributed by atoms with Crippen LogP contribution in [0.5, 0.6) is 0 Å². The smallest absolute Gasteiger partial charge is 0.183 e. The summed E-state index contributed by atoms with van der Waals surface area (Å²) in [6, 6.07) is 14.3. The molecule has 2 saturated heterocycles. The van der Waals surface area contributed by atoms with Crippen molar-refractivity contribution in [3.05, 3.63) is 70.8 Å². The van der Waals surface area contributed by atoms with E-state index in [1.165, 1.54) is 0 Å². The summed E-state index contributed by atoms with van der Waals surface area (Å²) in [6.07, 6.45) is 0.706. The highest BCUT2D eigenvalue weighted by atomic mass is 16.7. The summed E-state index contributed by atoms with van der Waals surface area (Å²) in [7, 11) is 0. The number of hydrogen-bond acceptors (Lipinski definition) is 6. The minimum absolute atomic E-state index is 0.335. The topological polar surface area (TPSA) is 71.1 Å². The molecule has 0 atom stereocenters. The second-order valence-corrected chi connectivity index (χ2v) is 6.98. The van der Waals surface area contributed by atoms with Gasteiger partial charge in [0.25, 0.3) is 0 Å². The molecule has 0 bridgehead atoms. The van der Waals surface area contributed by atoms with Crippen molar-refractivity contribution in [1.29, 1.82) is 0 Å². The van der Waals surface area contributed by atoms with Gasteiger partial charge in [0.15, 0.2) is 12.6 Å². The summed E-state index contributed by atoms with van der Waals surface area (Å²) in [5, 5.41) is 0. The lowest BCUT2D eigenvalue weighted by Gasteiger charge is -2.43. The monoisotopic (exact) mass is 368 g/mol. The third-order valence-corrected chi connectivity index (χ3v) is 4.85. The summed E-state index contributed by atoms with van der Waals surface area (Å²) in [5.74, 6) is 0. The lowest BCUT2D eigenvalue weighted by atomic mass is 9.90. The van der Waals surface area contributed by atoms with Gasteiger partial charge < -0.3 is 18.9 Å². The number of aldehydes is 2. The van der Waals surface area contributed by atoms with E-state index in [9.17, 15) is 9.59 Å². The van der Waals surface area contributed by atoms with E-state index >= 15 is 0 Å². The zero-order valence-corrected chi connectivity index (χ0v) is 14.7. The lowest BCUT2D eigenvalue weighted by Crippen LogP contribution is -2.49. The molecule has 2 aromatic rings. The number of rotatable bonds is 4. The normalized spacial score (nSPS) is 28.0. The molecule has 0 N–H and O–H groups in total. The van der Waals surface area contributed by atoms with Crippen molar-refractivity contribution in [2.45, 2.75) is 12.6 Å². The SMILES string of the molecule is O=Cc1ccc(C2OCC3(CO2)COC(c2ccc(C=O)cc2)OC3)cc1. The highest BCUT2D eigenvalue weighted by molar-refractivity contribution is 5.75. The Balaban J connectivity index is 1.33. The van der Waals surface area contributed by atoms with Crippen LogP contribution in [0.3, 0.4) is 0 Å². The molecule has 0 saturated carbocycles. The maximum Gasteiger partial charge on any atom is 0.183 e. The largest absolute Gasteiger partial charge is 0.348 e. The van der Waals surface area contributed by atoms with Crippen LogP contribution in [0.15, 0.2) is 48.5 Å². The Kier molecular flexibility index (Phi) is 5.13. The molecule has 6 heteroatoms. The molecule has 0 unspecified atom stereocenters. The van der Waals surface area contributed by atoms with Crippen molar-refractivity contribution in [1.82, 2.24) is 0 Å². The quantitative estimate of drug-likeness (QED) is 0.773. The standard InChI is InChI=1S/C21H20O6/c22-9-15-1-5-17(6-2-15)19-24-11-21(12-25-19)13-26-20(27-14-21)18-7-3-16(10-23)4-8-18/h1-10,19-20H,11-14H2. The van der Waals surface area contributed by atoms with Gasteiger partial charge in [-0.3, -0.25) is 9.59 Å². The van der Waals surface area contributed by atoms with Gasteiger partial charge in [-0.15, -0.1) is 0 Å². The lowest BCUT2D eigenvalue weighted by molar-refractivity contribution is -0.307. The zero-order valence-electron chi connectivity index (χ0n) is 14.7. The van der Waals surface area contributed by atoms with Crippen LogP contribution in [0.2, 0.25) is 0 Å². The molecule has 6 nitrogen and oxygen atoms in total. The molecular weight excluding hydrogens is 348 g/mol. The molecule has 4 rings (SSSR count). The molecule has 2 fully saturated rings. The average Bonchev–Trinajstić information content (AvgIpc) is 2.75. The van der Waals surface area contributed by atoms with Crippen LogP contribution in [0, 0.1) is 5.41 Å². The Hall–Kier alpha value is -2.38. The van der Waals surface area contributed by atoms with Crippen LogP contribution >= 0.6 is 0 Å². The summed E-state index contributed by atoms with van der Waals surface area (Å²) in [5.41, 5.74) is 2.65.